The van der Waals surface area contributed by atoms with Gasteiger partial charge in [-0.2, -0.15) is 5.10 Å². The molecule has 0 aliphatic rings. The van der Waals surface area contributed by atoms with Gasteiger partial charge >= 0.3 is 17.8 Å². The molecule has 8 nitrogen and oxygen atoms in total. The molecule has 3 aromatic carbocycles. The lowest BCUT2D eigenvalue weighted by molar-refractivity contribution is -0.136. The normalized spacial score (nSPS) is 10.5. The van der Waals surface area contributed by atoms with E-state index in [0.29, 0.717) is 34.2 Å². The predicted octanol–water partition coefficient (Wildman–Crippen LogP) is 4.05. The smallest absolute Gasteiger partial charge is 0.343 e. The van der Waals surface area contributed by atoms with Gasteiger partial charge in [0.2, 0.25) is 0 Å². The summed E-state index contributed by atoms with van der Waals surface area (Å²) >= 11 is 5.83. The Morgan fingerprint density at radius 3 is 2.33 bits per heavy atom. The van der Waals surface area contributed by atoms with Crippen LogP contribution in [0.2, 0.25) is 5.02 Å². The molecule has 0 radical (unpaired) electrons. The minimum atomic E-state index is -0.962. The fraction of sp³-hybridized carbons (Fsp3) is 0.0833. The fourth-order valence-electron chi connectivity index (χ4n) is 2.63. The van der Waals surface area contributed by atoms with E-state index in [9.17, 15) is 14.4 Å². The highest BCUT2D eigenvalue weighted by molar-refractivity contribution is 6.39. The van der Waals surface area contributed by atoms with Gasteiger partial charge < -0.3 is 14.8 Å². The maximum absolute atomic E-state index is 12.3. The van der Waals surface area contributed by atoms with E-state index in [1.807, 2.05) is 6.92 Å². The number of esters is 1. The van der Waals surface area contributed by atoms with Crippen molar-refractivity contribution >= 4 is 41.3 Å². The first-order valence-corrected chi connectivity index (χ1v) is 10.3. The van der Waals surface area contributed by atoms with Crippen LogP contribution in [0.3, 0.4) is 0 Å². The van der Waals surface area contributed by atoms with Crippen LogP contribution in [-0.4, -0.2) is 30.6 Å². The minimum Gasteiger partial charge on any atom is -0.494 e. The second kappa shape index (κ2) is 11.4. The van der Waals surface area contributed by atoms with Crippen LogP contribution in [0.4, 0.5) is 5.69 Å². The molecule has 0 bridgehead atoms. The number of hydrazone groups is 1. The zero-order valence-corrected chi connectivity index (χ0v) is 18.3. The van der Waals surface area contributed by atoms with Gasteiger partial charge in [-0.05, 0) is 67.6 Å². The molecule has 2 N–H and O–H groups in total. The van der Waals surface area contributed by atoms with Crippen LogP contribution in [0.15, 0.2) is 77.9 Å². The summed E-state index contributed by atoms with van der Waals surface area (Å²) in [4.78, 5) is 36.4. The molecule has 0 fully saturated rings. The van der Waals surface area contributed by atoms with E-state index in [2.05, 4.69) is 15.8 Å². The van der Waals surface area contributed by atoms with Crippen molar-refractivity contribution in [3.8, 4) is 11.5 Å². The highest BCUT2D eigenvalue weighted by Gasteiger charge is 2.14. The first kappa shape index (κ1) is 23.5. The number of halogens is 1. The number of amides is 2. The van der Waals surface area contributed by atoms with Gasteiger partial charge in [-0.1, -0.05) is 23.7 Å². The van der Waals surface area contributed by atoms with Crippen molar-refractivity contribution in [3.05, 3.63) is 88.9 Å². The van der Waals surface area contributed by atoms with Gasteiger partial charge in [0.1, 0.15) is 11.5 Å². The van der Waals surface area contributed by atoms with Crippen LogP contribution >= 0.6 is 11.6 Å². The number of hydrogen-bond acceptors (Lipinski definition) is 6. The van der Waals surface area contributed by atoms with Crippen molar-refractivity contribution in [1.82, 2.24) is 5.43 Å². The Balaban J connectivity index is 1.58. The number of anilines is 1. The summed E-state index contributed by atoms with van der Waals surface area (Å²) in [6.45, 7) is 2.39. The van der Waals surface area contributed by atoms with Crippen LogP contribution in [-0.2, 0) is 9.59 Å². The first-order chi connectivity index (χ1) is 16.0. The summed E-state index contributed by atoms with van der Waals surface area (Å²) in [5.41, 5.74) is 3.32. The number of rotatable bonds is 7. The number of nitrogens with zero attached hydrogens (tertiary/aromatic N) is 1. The third kappa shape index (κ3) is 6.91. The third-order valence-electron chi connectivity index (χ3n) is 4.20. The number of ether oxygens (including phenoxy) is 2. The van der Waals surface area contributed by atoms with Crippen LogP contribution in [0.5, 0.6) is 11.5 Å². The number of nitrogens with one attached hydrogen (secondary N) is 2. The molecule has 0 saturated carbocycles. The molecule has 0 aromatic heterocycles. The Bertz CT molecular complexity index is 1160. The largest absolute Gasteiger partial charge is 0.494 e. The van der Waals surface area contributed by atoms with Gasteiger partial charge in [0.15, 0.2) is 0 Å². The molecular weight excluding hydrogens is 446 g/mol. The van der Waals surface area contributed by atoms with Crippen molar-refractivity contribution in [3.63, 3.8) is 0 Å². The van der Waals surface area contributed by atoms with Crippen LogP contribution in [0.25, 0.3) is 0 Å². The Labute approximate surface area is 195 Å². The molecule has 33 heavy (non-hydrogen) atoms. The summed E-state index contributed by atoms with van der Waals surface area (Å²) in [5.74, 6) is -1.55. The van der Waals surface area contributed by atoms with Crippen molar-refractivity contribution < 1.29 is 23.9 Å². The Morgan fingerprint density at radius 1 is 0.939 bits per heavy atom. The van der Waals surface area contributed by atoms with Crippen molar-refractivity contribution in [1.29, 1.82) is 0 Å². The molecule has 0 atom stereocenters. The quantitative estimate of drug-likeness (QED) is 0.180. The second-order valence-electron chi connectivity index (χ2n) is 6.54. The molecule has 3 rings (SSSR count). The van der Waals surface area contributed by atoms with Gasteiger partial charge in [0.25, 0.3) is 0 Å². The number of para-hydroxylation sites is 1. The lowest BCUT2D eigenvalue weighted by atomic mass is 10.2. The molecule has 0 unspecified atom stereocenters. The SMILES string of the molecule is CCOc1ccc(NC(=O)C(=O)N/N=C/c2ccccc2OC(=O)c2ccc(Cl)cc2)cc1. The van der Waals surface area contributed by atoms with Gasteiger partial charge in [0, 0.05) is 16.3 Å². The average molecular weight is 466 g/mol. The van der Waals surface area contributed by atoms with Gasteiger partial charge in [0.05, 0.1) is 18.4 Å². The molecule has 0 saturated heterocycles. The third-order valence-corrected chi connectivity index (χ3v) is 4.45. The summed E-state index contributed by atoms with van der Waals surface area (Å²) in [6.07, 6.45) is 1.27. The lowest BCUT2D eigenvalue weighted by Gasteiger charge is -2.08. The first-order valence-electron chi connectivity index (χ1n) is 9.90. The fourth-order valence-corrected chi connectivity index (χ4v) is 2.75. The molecule has 0 heterocycles. The molecule has 3 aromatic rings. The number of hydrogen-bond donors (Lipinski definition) is 2. The summed E-state index contributed by atoms with van der Waals surface area (Å²) < 4.78 is 10.7. The number of benzene rings is 3. The predicted molar refractivity (Wildman–Crippen MR) is 125 cm³/mol. The van der Waals surface area contributed by atoms with E-state index in [4.69, 9.17) is 21.1 Å². The Morgan fingerprint density at radius 2 is 1.64 bits per heavy atom. The van der Waals surface area contributed by atoms with E-state index < -0.39 is 17.8 Å². The summed E-state index contributed by atoms with van der Waals surface area (Å²) in [6, 6.07) is 19.5. The zero-order valence-electron chi connectivity index (χ0n) is 17.6. The minimum absolute atomic E-state index is 0.231. The Kier molecular flexibility index (Phi) is 8.15. The molecule has 168 valence electrons. The average Bonchev–Trinajstić information content (AvgIpc) is 2.82. The highest BCUT2D eigenvalue weighted by atomic mass is 35.5. The molecule has 2 amide bonds. The van der Waals surface area contributed by atoms with Crippen LogP contribution in [0, 0.1) is 0 Å². The van der Waals surface area contributed by atoms with Crippen LogP contribution < -0.4 is 20.2 Å². The summed E-state index contributed by atoms with van der Waals surface area (Å²) in [5, 5.41) is 6.74. The van der Waals surface area contributed by atoms with E-state index in [1.165, 1.54) is 6.21 Å². The standard InChI is InChI=1S/C24H20ClN3O5/c1-2-32-20-13-11-19(12-14-20)27-22(29)23(30)28-26-15-17-5-3-4-6-21(17)33-24(31)16-7-9-18(25)10-8-16/h3-15H,2H2,1H3,(H,27,29)(H,28,30)/b26-15+. The van der Waals surface area contributed by atoms with Crippen LogP contribution in [0.1, 0.15) is 22.8 Å². The van der Waals surface area contributed by atoms with E-state index in [-0.39, 0.29) is 5.75 Å². The molecule has 0 spiro atoms. The molecule has 0 aliphatic heterocycles. The number of carbonyl (C=O) groups is 3. The lowest BCUT2D eigenvalue weighted by Crippen LogP contribution is -2.32. The van der Waals surface area contributed by atoms with E-state index >= 15 is 0 Å². The second-order valence-corrected chi connectivity index (χ2v) is 6.98. The molecular formula is C24H20ClN3O5. The maximum atomic E-state index is 12.3. The van der Waals surface area contributed by atoms with Crippen molar-refractivity contribution in [2.45, 2.75) is 6.92 Å². The van der Waals surface area contributed by atoms with Gasteiger partial charge in [-0.3, -0.25) is 9.59 Å². The summed E-state index contributed by atoms with van der Waals surface area (Å²) in [7, 11) is 0. The van der Waals surface area contributed by atoms with Gasteiger partial charge in [-0.15, -0.1) is 0 Å². The maximum Gasteiger partial charge on any atom is 0.343 e. The topological polar surface area (TPSA) is 106 Å². The van der Waals surface area contributed by atoms with Crippen molar-refractivity contribution in [2.24, 2.45) is 5.10 Å². The van der Waals surface area contributed by atoms with Crippen molar-refractivity contribution in [2.75, 3.05) is 11.9 Å². The van der Waals surface area contributed by atoms with E-state index in [0.717, 1.165) is 0 Å². The monoisotopic (exact) mass is 465 g/mol. The Hall–Kier alpha value is -4.17. The van der Waals surface area contributed by atoms with E-state index in [1.54, 1.807) is 72.8 Å². The number of carbonyl (C=O) groups excluding carboxylic acids is 3. The molecule has 9 heteroatoms. The zero-order chi connectivity index (χ0) is 23.6. The van der Waals surface area contributed by atoms with Gasteiger partial charge in [-0.25, -0.2) is 10.2 Å². The highest BCUT2D eigenvalue weighted by Crippen LogP contribution is 2.19. The molecule has 0 aliphatic carbocycles.